The predicted molar refractivity (Wildman–Crippen MR) is 92.7 cm³/mol. The number of carbonyl (C=O) groups excluding carboxylic acids is 1. The SMILES string of the molecule is CCOC(=O)C(C)=Cc1ccc(O)cc1Oc1ncc(C(F)(F)F)cc1Cl. The van der Waals surface area contributed by atoms with Crippen molar-refractivity contribution in [1.29, 1.82) is 0 Å². The number of halogens is 4. The molecule has 0 saturated carbocycles. The lowest BCUT2D eigenvalue weighted by molar-refractivity contribution is -0.139. The Morgan fingerprint density at radius 3 is 2.63 bits per heavy atom. The number of phenols is 1. The Hall–Kier alpha value is -2.74. The molecule has 0 radical (unpaired) electrons. The van der Waals surface area contributed by atoms with Crippen molar-refractivity contribution in [2.75, 3.05) is 6.61 Å². The van der Waals surface area contributed by atoms with E-state index in [1.807, 2.05) is 0 Å². The molecule has 0 aliphatic rings. The highest BCUT2D eigenvalue weighted by molar-refractivity contribution is 6.31. The van der Waals surface area contributed by atoms with Crippen LogP contribution in [0.4, 0.5) is 13.2 Å². The predicted octanol–water partition coefficient (Wildman–Crippen LogP) is 5.22. The van der Waals surface area contributed by atoms with Gasteiger partial charge in [-0.15, -0.1) is 0 Å². The molecule has 2 aromatic rings. The van der Waals surface area contributed by atoms with E-state index in [0.29, 0.717) is 17.8 Å². The molecule has 0 unspecified atom stereocenters. The van der Waals surface area contributed by atoms with Crippen LogP contribution in [0.25, 0.3) is 6.08 Å². The fourth-order valence-corrected chi connectivity index (χ4v) is 2.23. The number of hydrogen-bond donors (Lipinski definition) is 1. The van der Waals surface area contributed by atoms with Gasteiger partial charge in [0.2, 0.25) is 5.88 Å². The zero-order valence-electron chi connectivity index (χ0n) is 14.3. The van der Waals surface area contributed by atoms with E-state index < -0.39 is 17.7 Å². The average molecular weight is 402 g/mol. The third kappa shape index (κ3) is 5.37. The van der Waals surface area contributed by atoms with E-state index >= 15 is 0 Å². The minimum Gasteiger partial charge on any atom is -0.508 e. The number of phenolic OH excluding ortho intramolecular Hbond substituents is 1. The quantitative estimate of drug-likeness (QED) is 0.549. The van der Waals surface area contributed by atoms with Gasteiger partial charge in [0.05, 0.1) is 12.2 Å². The lowest BCUT2D eigenvalue weighted by atomic mass is 10.1. The summed E-state index contributed by atoms with van der Waals surface area (Å²) in [5.41, 5.74) is -0.385. The van der Waals surface area contributed by atoms with Crippen molar-refractivity contribution >= 4 is 23.6 Å². The Kier molecular flexibility index (Phi) is 6.32. The Labute approximate surface area is 158 Å². The second-order valence-corrected chi connectivity index (χ2v) is 5.79. The first-order chi connectivity index (χ1) is 12.6. The van der Waals surface area contributed by atoms with E-state index in [9.17, 15) is 23.1 Å². The van der Waals surface area contributed by atoms with Gasteiger partial charge >= 0.3 is 12.1 Å². The van der Waals surface area contributed by atoms with Crippen molar-refractivity contribution in [3.05, 3.63) is 52.2 Å². The summed E-state index contributed by atoms with van der Waals surface area (Å²) in [5, 5.41) is 9.31. The molecule has 0 aliphatic heterocycles. The van der Waals surface area contributed by atoms with Crippen molar-refractivity contribution in [3.63, 3.8) is 0 Å². The molecule has 1 N–H and O–H groups in total. The molecule has 0 amide bonds. The summed E-state index contributed by atoms with van der Waals surface area (Å²) < 4.78 is 48.5. The smallest absolute Gasteiger partial charge is 0.417 e. The van der Waals surface area contributed by atoms with Crippen LogP contribution in [0.3, 0.4) is 0 Å². The topological polar surface area (TPSA) is 68.7 Å². The highest BCUT2D eigenvalue weighted by Gasteiger charge is 2.31. The molecule has 1 aromatic carbocycles. The molecule has 1 aromatic heterocycles. The standard InChI is InChI=1S/C18H15ClF3NO4/c1-3-26-17(25)10(2)6-11-4-5-13(24)8-15(11)27-16-14(19)7-12(9-23-16)18(20,21)22/h4-9,24H,3H2,1-2H3. The van der Waals surface area contributed by atoms with Gasteiger partial charge in [0, 0.05) is 23.4 Å². The molecule has 1 heterocycles. The first-order valence-electron chi connectivity index (χ1n) is 7.71. The van der Waals surface area contributed by atoms with Gasteiger partial charge < -0.3 is 14.6 Å². The molecular weight excluding hydrogens is 387 g/mol. The minimum atomic E-state index is -4.59. The zero-order chi connectivity index (χ0) is 20.2. The Balaban J connectivity index is 2.38. The Morgan fingerprint density at radius 2 is 2.04 bits per heavy atom. The van der Waals surface area contributed by atoms with Gasteiger partial charge in [-0.05, 0) is 38.1 Å². The summed E-state index contributed by atoms with van der Waals surface area (Å²) in [6.07, 6.45) is -2.56. The molecule has 9 heteroatoms. The highest BCUT2D eigenvalue weighted by atomic mass is 35.5. The van der Waals surface area contributed by atoms with Gasteiger partial charge in [0.15, 0.2) is 0 Å². The number of rotatable bonds is 5. The fourth-order valence-electron chi connectivity index (χ4n) is 2.03. The van der Waals surface area contributed by atoms with Gasteiger partial charge in [-0.2, -0.15) is 13.2 Å². The molecule has 0 fully saturated rings. The van der Waals surface area contributed by atoms with Gasteiger partial charge in [-0.1, -0.05) is 11.6 Å². The van der Waals surface area contributed by atoms with E-state index in [0.717, 1.165) is 0 Å². The number of nitrogens with zero attached hydrogens (tertiary/aromatic N) is 1. The maximum absolute atomic E-state index is 12.7. The monoisotopic (exact) mass is 401 g/mol. The number of esters is 1. The molecule has 0 bridgehead atoms. The number of hydrogen-bond acceptors (Lipinski definition) is 5. The number of ether oxygens (including phenoxy) is 2. The van der Waals surface area contributed by atoms with Crippen molar-refractivity contribution in [1.82, 2.24) is 4.98 Å². The third-order valence-corrected chi connectivity index (χ3v) is 3.58. The van der Waals surface area contributed by atoms with E-state index in [4.69, 9.17) is 21.1 Å². The zero-order valence-corrected chi connectivity index (χ0v) is 15.1. The molecule has 2 rings (SSSR count). The van der Waals surface area contributed by atoms with Crippen molar-refractivity contribution in [3.8, 4) is 17.4 Å². The second kappa shape index (κ2) is 8.30. The summed E-state index contributed by atoms with van der Waals surface area (Å²) in [7, 11) is 0. The van der Waals surface area contributed by atoms with E-state index in [-0.39, 0.29) is 34.6 Å². The van der Waals surface area contributed by atoms with Gasteiger partial charge in [-0.3, -0.25) is 0 Å². The van der Waals surface area contributed by atoms with Crippen LogP contribution in [0.1, 0.15) is 25.0 Å². The first kappa shape index (κ1) is 20.6. The summed E-state index contributed by atoms with van der Waals surface area (Å²) in [6.45, 7) is 3.39. The lowest BCUT2D eigenvalue weighted by Crippen LogP contribution is -2.06. The van der Waals surface area contributed by atoms with E-state index in [1.165, 1.54) is 31.2 Å². The Morgan fingerprint density at radius 1 is 1.33 bits per heavy atom. The number of aromatic hydroxyl groups is 1. The molecule has 0 saturated heterocycles. The van der Waals surface area contributed by atoms with Crippen molar-refractivity contribution in [2.45, 2.75) is 20.0 Å². The maximum atomic E-state index is 12.7. The normalized spacial score (nSPS) is 12.0. The molecule has 0 aliphatic carbocycles. The number of aromatic nitrogens is 1. The fraction of sp³-hybridized carbons (Fsp3) is 0.222. The largest absolute Gasteiger partial charge is 0.508 e. The summed E-state index contributed by atoms with van der Waals surface area (Å²) in [4.78, 5) is 15.3. The third-order valence-electron chi connectivity index (χ3n) is 3.31. The van der Waals surface area contributed by atoms with Crippen LogP contribution in [-0.2, 0) is 15.7 Å². The van der Waals surface area contributed by atoms with E-state index in [1.54, 1.807) is 6.92 Å². The molecule has 144 valence electrons. The van der Waals surface area contributed by atoms with Crippen LogP contribution in [0.15, 0.2) is 36.0 Å². The molecule has 5 nitrogen and oxygen atoms in total. The molecule has 0 spiro atoms. The summed E-state index contributed by atoms with van der Waals surface area (Å²) in [5.74, 6) is -0.923. The van der Waals surface area contributed by atoms with Crippen LogP contribution >= 0.6 is 11.6 Å². The molecule has 27 heavy (non-hydrogen) atoms. The number of benzene rings is 1. The number of carbonyl (C=O) groups is 1. The van der Waals surface area contributed by atoms with Gasteiger partial charge in [0.1, 0.15) is 16.5 Å². The van der Waals surface area contributed by atoms with Gasteiger partial charge in [0.25, 0.3) is 0 Å². The van der Waals surface area contributed by atoms with Crippen LogP contribution in [0, 0.1) is 0 Å². The Bertz CT molecular complexity index is 881. The van der Waals surface area contributed by atoms with Crippen LogP contribution in [0.5, 0.6) is 17.4 Å². The summed E-state index contributed by atoms with van der Waals surface area (Å²) in [6, 6.07) is 4.73. The van der Waals surface area contributed by atoms with Gasteiger partial charge in [-0.25, -0.2) is 9.78 Å². The number of alkyl halides is 3. The van der Waals surface area contributed by atoms with Crippen LogP contribution in [0.2, 0.25) is 5.02 Å². The van der Waals surface area contributed by atoms with Crippen molar-refractivity contribution in [2.24, 2.45) is 0 Å². The second-order valence-electron chi connectivity index (χ2n) is 5.38. The first-order valence-corrected chi connectivity index (χ1v) is 8.08. The molecular formula is C18H15ClF3NO4. The van der Waals surface area contributed by atoms with Crippen LogP contribution < -0.4 is 4.74 Å². The minimum absolute atomic E-state index is 0.0489. The highest BCUT2D eigenvalue weighted by Crippen LogP contribution is 2.36. The molecule has 0 atom stereocenters. The number of pyridine rings is 1. The lowest BCUT2D eigenvalue weighted by Gasteiger charge is -2.12. The van der Waals surface area contributed by atoms with E-state index in [2.05, 4.69) is 4.98 Å². The average Bonchev–Trinajstić information content (AvgIpc) is 2.58. The maximum Gasteiger partial charge on any atom is 0.417 e. The van der Waals surface area contributed by atoms with Crippen LogP contribution in [-0.4, -0.2) is 22.7 Å². The van der Waals surface area contributed by atoms with Crippen molar-refractivity contribution < 1.29 is 32.5 Å². The summed E-state index contributed by atoms with van der Waals surface area (Å²) >= 11 is 5.84.